The van der Waals surface area contributed by atoms with Gasteiger partial charge >= 0.3 is 0 Å². The van der Waals surface area contributed by atoms with E-state index >= 15 is 0 Å². The van der Waals surface area contributed by atoms with Crippen LogP contribution in [0.1, 0.15) is 11.5 Å². The lowest BCUT2D eigenvalue weighted by Gasteiger charge is -2.05. The monoisotopic (exact) mass is 233 g/mol. The van der Waals surface area contributed by atoms with Crippen molar-refractivity contribution in [3.05, 3.63) is 41.6 Å². The van der Waals surface area contributed by atoms with Crippen LogP contribution < -0.4 is 5.73 Å². The number of aryl methyl sites for hydroxylation is 1. The second-order valence-corrected chi connectivity index (χ2v) is 4.06. The lowest BCUT2D eigenvalue weighted by Crippen LogP contribution is -2.08. The predicted molar refractivity (Wildman–Crippen MR) is 66.1 cm³/mol. The standard InChI is InChI=1S/C13H16FN3/c1-9-16-13(12(6-7-15)17(9)2)10-4-3-5-11(14)8-10/h3-5,8H,6-7,15H2,1-2H3. The topological polar surface area (TPSA) is 43.8 Å². The highest BCUT2D eigenvalue weighted by Gasteiger charge is 2.13. The van der Waals surface area contributed by atoms with Gasteiger partial charge in [-0.3, -0.25) is 0 Å². The SMILES string of the molecule is Cc1nc(-c2cccc(F)c2)c(CCN)n1C. The van der Waals surface area contributed by atoms with Crippen molar-refractivity contribution in [2.24, 2.45) is 12.8 Å². The third-order valence-electron chi connectivity index (χ3n) is 2.92. The molecule has 0 radical (unpaired) electrons. The van der Waals surface area contributed by atoms with Crippen molar-refractivity contribution in [3.8, 4) is 11.3 Å². The Labute approximate surface area is 100 Å². The number of benzene rings is 1. The van der Waals surface area contributed by atoms with Crippen LogP contribution in [0.4, 0.5) is 4.39 Å². The Bertz CT molecular complexity index is 531. The normalized spacial score (nSPS) is 10.8. The van der Waals surface area contributed by atoms with Gasteiger partial charge in [0.05, 0.1) is 5.69 Å². The number of nitrogens with zero attached hydrogens (tertiary/aromatic N) is 2. The fraction of sp³-hybridized carbons (Fsp3) is 0.308. The van der Waals surface area contributed by atoms with Gasteiger partial charge in [-0.1, -0.05) is 12.1 Å². The minimum Gasteiger partial charge on any atom is -0.335 e. The van der Waals surface area contributed by atoms with E-state index in [4.69, 9.17) is 5.73 Å². The summed E-state index contributed by atoms with van der Waals surface area (Å²) in [6, 6.07) is 6.50. The maximum absolute atomic E-state index is 13.2. The van der Waals surface area contributed by atoms with Crippen LogP contribution in [-0.2, 0) is 13.5 Å². The number of hydrogen-bond acceptors (Lipinski definition) is 2. The molecule has 1 aromatic heterocycles. The number of aromatic nitrogens is 2. The molecule has 0 fully saturated rings. The van der Waals surface area contributed by atoms with E-state index in [2.05, 4.69) is 4.98 Å². The summed E-state index contributed by atoms with van der Waals surface area (Å²) < 4.78 is 15.2. The van der Waals surface area contributed by atoms with Gasteiger partial charge in [-0.25, -0.2) is 9.37 Å². The highest BCUT2D eigenvalue weighted by molar-refractivity contribution is 5.62. The van der Waals surface area contributed by atoms with Crippen molar-refractivity contribution in [2.45, 2.75) is 13.3 Å². The summed E-state index contributed by atoms with van der Waals surface area (Å²) >= 11 is 0. The fourth-order valence-electron chi connectivity index (χ4n) is 1.95. The van der Waals surface area contributed by atoms with E-state index in [0.29, 0.717) is 6.54 Å². The van der Waals surface area contributed by atoms with Crippen molar-refractivity contribution in [3.63, 3.8) is 0 Å². The second kappa shape index (κ2) is 4.67. The van der Waals surface area contributed by atoms with Gasteiger partial charge in [-0.05, 0) is 25.6 Å². The van der Waals surface area contributed by atoms with Gasteiger partial charge in [-0.2, -0.15) is 0 Å². The molecule has 1 aromatic carbocycles. The predicted octanol–water partition coefficient (Wildman–Crippen LogP) is 2.04. The van der Waals surface area contributed by atoms with Crippen molar-refractivity contribution in [2.75, 3.05) is 6.54 Å². The van der Waals surface area contributed by atoms with Crippen LogP contribution in [0.5, 0.6) is 0 Å². The van der Waals surface area contributed by atoms with E-state index in [1.807, 2.05) is 24.6 Å². The van der Waals surface area contributed by atoms with E-state index < -0.39 is 0 Å². The molecule has 0 bridgehead atoms. The minimum absolute atomic E-state index is 0.246. The molecule has 1 heterocycles. The maximum Gasteiger partial charge on any atom is 0.123 e. The van der Waals surface area contributed by atoms with Crippen molar-refractivity contribution in [1.82, 2.24) is 9.55 Å². The van der Waals surface area contributed by atoms with Crippen LogP contribution in [0.25, 0.3) is 11.3 Å². The van der Waals surface area contributed by atoms with Crippen LogP contribution in [0.15, 0.2) is 24.3 Å². The number of halogens is 1. The molecule has 4 heteroatoms. The molecule has 0 amide bonds. The summed E-state index contributed by atoms with van der Waals surface area (Å²) in [5.41, 5.74) is 8.28. The summed E-state index contributed by atoms with van der Waals surface area (Å²) in [5.74, 6) is 0.664. The average molecular weight is 233 g/mol. The zero-order valence-electron chi connectivity index (χ0n) is 10.1. The zero-order chi connectivity index (χ0) is 12.4. The molecule has 0 aliphatic heterocycles. The lowest BCUT2D eigenvalue weighted by molar-refractivity contribution is 0.628. The molecule has 0 saturated heterocycles. The largest absolute Gasteiger partial charge is 0.335 e. The highest BCUT2D eigenvalue weighted by atomic mass is 19.1. The molecule has 2 N–H and O–H groups in total. The summed E-state index contributed by atoms with van der Waals surface area (Å²) in [5, 5.41) is 0. The quantitative estimate of drug-likeness (QED) is 0.881. The Morgan fingerprint density at radius 3 is 2.82 bits per heavy atom. The first-order valence-corrected chi connectivity index (χ1v) is 5.61. The lowest BCUT2D eigenvalue weighted by atomic mass is 10.1. The van der Waals surface area contributed by atoms with Crippen molar-refractivity contribution >= 4 is 0 Å². The Hall–Kier alpha value is -1.68. The van der Waals surface area contributed by atoms with Crippen molar-refractivity contribution < 1.29 is 4.39 Å². The molecule has 3 nitrogen and oxygen atoms in total. The molecular weight excluding hydrogens is 217 g/mol. The van der Waals surface area contributed by atoms with Crippen molar-refractivity contribution in [1.29, 1.82) is 0 Å². The molecule has 90 valence electrons. The van der Waals surface area contributed by atoms with Gasteiger partial charge in [0.25, 0.3) is 0 Å². The summed E-state index contributed by atoms with van der Waals surface area (Å²) in [6.45, 7) is 2.49. The Kier molecular flexibility index (Phi) is 3.24. The Balaban J connectivity index is 2.55. The molecular formula is C13H16FN3. The van der Waals surface area contributed by atoms with E-state index in [-0.39, 0.29) is 5.82 Å². The number of rotatable bonds is 3. The third kappa shape index (κ3) is 2.22. The molecule has 0 spiro atoms. The molecule has 0 atom stereocenters. The number of hydrogen-bond donors (Lipinski definition) is 1. The molecule has 0 aliphatic carbocycles. The summed E-state index contributed by atoms with van der Waals surface area (Å²) in [6.07, 6.45) is 0.739. The highest BCUT2D eigenvalue weighted by Crippen LogP contribution is 2.24. The van der Waals surface area contributed by atoms with Gasteiger partial charge in [0, 0.05) is 24.7 Å². The fourth-order valence-corrected chi connectivity index (χ4v) is 1.95. The first-order chi connectivity index (χ1) is 8.13. The van der Waals surface area contributed by atoms with Crippen LogP contribution in [0.3, 0.4) is 0 Å². The summed E-state index contributed by atoms with van der Waals surface area (Å²) in [4.78, 5) is 4.48. The summed E-state index contributed by atoms with van der Waals surface area (Å²) in [7, 11) is 1.95. The van der Waals surface area contributed by atoms with Gasteiger partial charge in [-0.15, -0.1) is 0 Å². The van der Waals surface area contributed by atoms with Gasteiger partial charge < -0.3 is 10.3 Å². The third-order valence-corrected chi connectivity index (χ3v) is 2.92. The van der Waals surface area contributed by atoms with E-state index in [1.54, 1.807) is 6.07 Å². The molecule has 2 aromatic rings. The van der Waals surface area contributed by atoms with E-state index in [1.165, 1.54) is 12.1 Å². The number of imidazole rings is 1. The second-order valence-electron chi connectivity index (χ2n) is 4.06. The van der Waals surface area contributed by atoms with E-state index in [0.717, 1.165) is 29.2 Å². The van der Waals surface area contributed by atoms with Gasteiger partial charge in [0.1, 0.15) is 11.6 Å². The van der Waals surface area contributed by atoms with Gasteiger partial charge in [0.2, 0.25) is 0 Å². The van der Waals surface area contributed by atoms with Crippen LogP contribution in [0.2, 0.25) is 0 Å². The molecule has 0 aliphatic rings. The first-order valence-electron chi connectivity index (χ1n) is 5.61. The smallest absolute Gasteiger partial charge is 0.123 e. The Morgan fingerprint density at radius 1 is 1.41 bits per heavy atom. The van der Waals surface area contributed by atoms with Crippen LogP contribution in [-0.4, -0.2) is 16.1 Å². The molecule has 0 saturated carbocycles. The maximum atomic E-state index is 13.2. The van der Waals surface area contributed by atoms with Gasteiger partial charge in [0.15, 0.2) is 0 Å². The van der Waals surface area contributed by atoms with E-state index in [9.17, 15) is 4.39 Å². The molecule has 2 rings (SSSR count). The zero-order valence-corrected chi connectivity index (χ0v) is 10.1. The molecule has 17 heavy (non-hydrogen) atoms. The molecule has 0 unspecified atom stereocenters. The van der Waals surface area contributed by atoms with Crippen LogP contribution >= 0.6 is 0 Å². The minimum atomic E-state index is -0.246. The van der Waals surface area contributed by atoms with Crippen LogP contribution in [0, 0.1) is 12.7 Å². The number of nitrogens with two attached hydrogens (primary N) is 1. The average Bonchev–Trinajstić information content (AvgIpc) is 2.58. The Morgan fingerprint density at radius 2 is 2.18 bits per heavy atom. The first kappa shape index (κ1) is 11.8.